The molecule has 1 heterocycles. The van der Waals surface area contributed by atoms with Crippen molar-refractivity contribution in [2.24, 2.45) is 13.0 Å². The van der Waals surface area contributed by atoms with Crippen LogP contribution in [0.15, 0.2) is 16.9 Å². The van der Waals surface area contributed by atoms with Crippen molar-refractivity contribution < 1.29 is 4.55 Å². The summed E-state index contributed by atoms with van der Waals surface area (Å²) in [5.74, 6) is 1.50. The van der Waals surface area contributed by atoms with Gasteiger partial charge in [0.05, 0.1) is 16.9 Å². The highest BCUT2D eigenvalue weighted by molar-refractivity contribution is 7.90. The SMILES string of the molecule is Cc1cc([C@@H](C)N[S+]([O-])C(C)(C)C)c2nc(CC3CC3)n(C)c(=O)c2c1. The van der Waals surface area contributed by atoms with E-state index in [1.807, 2.05) is 53.8 Å². The van der Waals surface area contributed by atoms with Crippen LogP contribution in [0.4, 0.5) is 0 Å². The highest BCUT2D eigenvalue weighted by Crippen LogP contribution is 2.32. The van der Waals surface area contributed by atoms with Gasteiger partial charge < -0.3 is 4.55 Å². The molecule has 0 saturated heterocycles. The molecule has 0 aliphatic heterocycles. The van der Waals surface area contributed by atoms with E-state index in [1.54, 1.807) is 4.57 Å². The molecule has 3 rings (SSSR count). The van der Waals surface area contributed by atoms with Crippen LogP contribution < -0.4 is 10.3 Å². The number of nitrogens with one attached hydrogen (secondary N) is 1. The number of hydrogen-bond acceptors (Lipinski definition) is 4. The topological polar surface area (TPSA) is 70.0 Å². The van der Waals surface area contributed by atoms with E-state index in [1.165, 1.54) is 12.8 Å². The van der Waals surface area contributed by atoms with Crippen LogP contribution in [0.2, 0.25) is 0 Å². The lowest BCUT2D eigenvalue weighted by atomic mass is 10.0. The van der Waals surface area contributed by atoms with Crippen LogP contribution in [-0.2, 0) is 24.8 Å². The van der Waals surface area contributed by atoms with Crippen LogP contribution in [0.5, 0.6) is 0 Å². The Bertz CT molecular complexity index is 881. The van der Waals surface area contributed by atoms with E-state index in [2.05, 4.69) is 4.72 Å². The van der Waals surface area contributed by atoms with Crippen molar-refractivity contribution in [2.45, 2.75) is 64.7 Å². The smallest absolute Gasteiger partial charge is 0.261 e. The van der Waals surface area contributed by atoms with Gasteiger partial charge in [-0.3, -0.25) is 9.36 Å². The first-order chi connectivity index (χ1) is 12.1. The van der Waals surface area contributed by atoms with Crippen molar-refractivity contribution in [3.05, 3.63) is 39.4 Å². The van der Waals surface area contributed by atoms with Gasteiger partial charge in [-0.25, -0.2) is 4.98 Å². The molecule has 0 spiro atoms. The van der Waals surface area contributed by atoms with Gasteiger partial charge in [0.25, 0.3) is 5.56 Å². The van der Waals surface area contributed by atoms with Crippen molar-refractivity contribution in [3.63, 3.8) is 0 Å². The number of nitrogens with zero attached hydrogens (tertiary/aromatic N) is 2. The minimum atomic E-state index is -1.19. The lowest BCUT2D eigenvalue weighted by Gasteiger charge is -2.27. The van der Waals surface area contributed by atoms with E-state index in [0.717, 1.165) is 28.9 Å². The molecule has 1 unspecified atom stereocenters. The molecular weight excluding hydrogens is 346 g/mol. The van der Waals surface area contributed by atoms with Crippen LogP contribution in [0.25, 0.3) is 10.9 Å². The van der Waals surface area contributed by atoms with E-state index in [4.69, 9.17) is 4.98 Å². The third-order valence-corrected chi connectivity index (χ3v) is 6.60. The molecule has 1 saturated carbocycles. The summed E-state index contributed by atoms with van der Waals surface area (Å²) in [6.45, 7) is 9.79. The number of aromatic nitrogens is 2. The Balaban J connectivity index is 2.08. The maximum Gasteiger partial charge on any atom is 0.261 e. The van der Waals surface area contributed by atoms with Gasteiger partial charge in [-0.15, -0.1) is 4.72 Å². The summed E-state index contributed by atoms with van der Waals surface area (Å²) >= 11 is -1.19. The lowest BCUT2D eigenvalue weighted by Crippen LogP contribution is -2.40. The first kappa shape index (κ1) is 19.4. The molecule has 1 aromatic heterocycles. The van der Waals surface area contributed by atoms with Gasteiger partial charge in [-0.1, -0.05) is 6.07 Å². The minimum absolute atomic E-state index is 0.000237. The largest absolute Gasteiger partial charge is 0.598 e. The van der Waals surface area contributed by atoms with Crippen LogP contribution in [0.1, 0.15) is 63.5 Å². The number of benzene rings is 1. The molecule has 0 amide bonds. The Morgan fingerprint density at radius 2 is 2.04 bits per heavy atom. The Morgan fingerprint density at radius 1 is 1.38 bits per heavy atom. The molecule has 1 aliphatic carbocycles. The fourth-order valence-electron chi connectivity index (χ4n) is 3.09. The Labute approximate surface area is 158 Å². The van der Waals surface area contributed by atoms with E-state index in [9.17, 15) is 9.35 Å². The van der Waals surface area contributed by atoms with E-state index >= 15 is 0 Å². The second-order valence-electron chi connectivity index (χ2n) is 8.51. The van der Waals surface area contributed by atoms with Crippen LogP contribution in [0.3, 0.4) is 0 Å². The third kappa shape index (κ3) is 3.97. The second-order valence-corrected chi connectivity index (χ2v) is 10.5. The molecule has 5 nitrogen and oxygen atoms in total. The predicted molar refractivity (Wildman–Crippen MR) is 108 cm³/mol. The van der Waals surface area contributed by atoms with Crippen LogP contribution in [-0.4, -0.2) is 18.9 Å². The molecule has 1 fully saturated rings. The Hall–Kier alpha value is -1.37. The third-order valence-electron chi connectivity index (χ3n) is 4.92. The van der Waals surface area contributed by atoms with E-state index < -0.39 is 11.4 Å². The molecule has 0 radical (unpaired) electrons. The van der Waals surface area contributed by atoms with E-state index in [-0.39, 0.29) is 16.3 Å². The van der Waals surface area contributed by atoms with Crippen LogP contribution >= 0.6 is 0 Å². The average molecular weight is 376 g/mol. The summed E-state index contributed by atoms with van der Waals surface area (Å²) in [5, 5.41) is 0.636. The number of hydrogen-bond donors (Lipinski definition) is 1. The summed E-state index contributed by atoms with van der Waals surface area (Å²) in [6, 6.07) is 3.79. The number of rotatable bonds is 5. The minimum Gasteiger partial charge on any atom is -0.598 e. The number of fused-ring (bicyclic) bond motifs is 1. The van der Waals surface area contributed by atoms with Gasteiger partial charge in [-0.2, -0.15) is 0 Å². The van der Waals surface area contributed by atoms with Crippen molar-refractivity contribution >= 4 is 22.3 Å². The van der Waals surface area contributed by atoms with Gasteiger partial charge in [0.1, 0.15) is 10.6 Å². The zero-order valence-electron chi connectivity index (χ0n) is 16.5. The molecule has 1 aliphatic rings. The molecule has 2 atom stereocenters. The summed E-state index contributed by atoms with van der Waals surface area (Å²) in [4.78, 5) is 17.8. The number of aryl methyl sites for hydroxylation is 1. The molecule has 142 valence electrons. The lowest BCUT2D eigenvalue weighted by molar-refractivity contribution is 0.531. The van der Waals surface area contributed by atoms with Crippen molar-refractivity contribution in [1.29, 1.82) is 0 Å². The highest BCUT2D eigenvalue weighted by Gasteiger charge is 2.30. The van der Waals surface area contributed by atoms with Gasteiger partial charge >= 0.3 is 0 Å². The maximum absolute atomic E-state index is 12.9. The highest BCUT2D eigenvalue weighted by atomic mass is 32.2. The zero-order chi connectivity index (χ0) is 19.2. The van der Waals surface area contributed by atoms with Gasteiger partial charge in [0.15, 0.2) is 0 Å². The van der Waals surface area contributed by atoms with Gasteiger partial charge in [-0.05, 0) is 65.0 Å². The van der Waals surface area contributed by atoms with Gasteiger partial charge in [0, 0.05) is 30.4 Å². The van der Waals surface area contributed by atoms with Crippen LogP contribution in [0, 0.1) is 12.8 Å². The Kier molecular flexibility index (Phi) is 5.21. The monoisotopic (exact) mass is 375 g/mol. The van der Waals surface area contributed by atoms with Crippen molar-refractivity contribution in [3.8, 4) is 0 Å². The maximum atomic E-state index is 12.9. The summed E-state index contributed by atoms with van der Waals surface area (Å²) in [5.41, 5.74) is 2.68. The summed E-state index contributed by atoms with van der Waals surface area (Å²) in [7, 11) is 1.81. The standard InChI is InChI=1S/C20H29N3O2S/c1-12-9-15(13(2)22-26(25)20(3,4)5)18-16(10-12)19(24)23(6)17(21-18)11-14-7-8-14/h9-10,13-14,22H,7-8,11H2,1-6H3/t13-,26?/m1/s1. The first-order valence-corrected chi connectivity index (χ1v) is 10.4. The molecule has 2 aromatic rings. The molecule has 1 N–H and O–H groups in total. The second kappa shape index (κ2) is 6.98. The molecule has 6 heteroatoms. The normalized spacial score (nSPS) is 17.5. The summed E-state index contributed by atoms with van der Waals surface area (Å²) < 4.78 is 17.0. The quantitative estimate of drug-likeness (QED) is 0.814. The van der Waals surface area contributed by atoms with Gasteiger partial charge in [0.2, 0.25) is 0 Å². The fourth-order valence-corrected chi connectivity index (χ4v) is 3.89. The fraction of sp³-hybridized carbons (Fsp3) is 0.600. The van der Waals surface area contributed by atoms with Crippen molar-refractivity contribution in [1.82, 2.24) is 14.3 Å². The molecule has 0 bridgehead atoms. The zero-order valence-corrected chi connectivity index (χ0v) is 17.4. The molecule has 1 aromatic carbocycles. The molecular formula is C20H29N3O2S. The summed E-state index contributed by atoms with van der Waals surface area (Å²) in [6.07, 6.45) is 3.29. The first-order valence-electron chi connectivity index (χ1n) is 9.26. The average Bonchev–Trinajstić information content (AvgIpc) is 3.35. The Morgan fingerprint density at radius 3 is 2.62 bits per heavy atom. The van der Waals surface area contributed by atoms with Crippen molar-refractivity contribution in [2.75, 3.05) is 0 Å². The predicted octanol–water partition coefficient (Wildman–Crippen LogP) is 3.31. The van der Waals surface area contributed by atoms with E-state index in [0.29, 0.717) is 11.3 Å². The molecule has 26 heavy (non-hydrogen) atoms.